The molecule has 4 aromatic rings. The molecule has 6 nitrogen and oxygen atoms in total. The summed E-state index contributed by atoms with van der Waals surface area (Å²) in [6, 6.07) is 9.98. The van der Waals surface area contributed by atoms with Crippen molar-refractivity contribution in [2.24, 2.45) is 0 Å². The topological polar surface area (TPSA) is 76.2 Å². The zero-order valence-electron chi connectivity index (χ0n) is 12.4. The molecule has 3 aromatic heterocycles. The number of pyridine rings is 1. The first kappa shape index (κ1) is 15.2. The number of hydrogen-bond donors (Lipinski definition) is 1. The first-order chi connectivity index (χ1) is 11.9. The number of nitrogens with zero attached hydrogens (tertiary/aromatic N) is 3. The molecule has 1 aromatic carbocycles. The van der Waals surface area contributed by atoms with Gasteiger partial charge in [-0.2, -0.15) is 13.2 Å². The molecule has 3 heterocycles. The van der Waals surface area contributed by atoms with Crippen molar-refractivity contribution in [1.82, 2.24) is 19.6 Å². The molecule has 0 saturated heterocycles. The quantitative estimate of drug-likeness (QED) is 0.604. The van der Waals surface area contributed by atoms with Gasteiger partial charge in [-0.1, -0.05) is 18.2 Å². The molecule has 0 spiro atoms. The first-order valence-electron chi connectivity index (χ1n) is 7.14. The van der Waals surface area contributed by atoms with Crippen LogP contribution in [0.4, 0.5) is 13.2 Å². The van der Waals surface area contributed by atoms with Crippen LogP contribution in [0.2, 0.25) is 0 Å². The largest absolute Gasteiger partial charge is 0.434 e. The molecule has 0 saturated carbocycles. The number of halogens is 3. The van der Waals surface area contributed by atoms with Crippen LogP contribution in [0, 0.1) is 0 Å². The predicted octanol–water partition coefficient (Wildman–Crippen LogP) is 3.36. The molecule has 0 aliphatic heterocycles. The Morgan fingerprint density at radius 2 is 1.84 bits per heavy atom. The Morgan fingerprint density at radius 3 is 2.48 bits per heavy atom. The molecule has 25 heavy (non-hydrogen) atoms. The van der Waals surface area contributed by atoms with E-state index < -0.39 is 17.5 Å². The van der Waals surface area contributed by atoms with Gasteiger partial charge in [0.15, 0.2) is 0 Å². The minimum atomic E-state index is -4.40. The summed E-state index contributed by atoms with van der Waals surface area (Å²) in [6.07, 6.45) is -2.71. The van der Waals surface area contributed by atoms with Crippen LogP contribution in [-0.2, 0) is 6.18 Å². The van der Waals surface area contributed by atoms with Crippen LogP contribution >= 0.6 is 0 Å². The fourth-order valence-electron chi connectivity index (χ4n) is 2.54. The second-order valence-corrected chi connectivity index (χ2v) is 5.23. The van der Waals surface area contributed by atoms with Gasteiger partial charge < -0.3 is 4.42 Å². The van der Waals surface area contributed by atoms with E-state index in [-0.39, 0.29) is 11.7 Å². The number of imidazole rings is 1. The minimum Gasteiger partial charge on any atom is -0.384 e. The maximum absolute atomic E-state index is 12.7. The lowest BCUT2D eigenvalue weighted by Gasteiger charge is -2.06. The number of aromatic nitrogens is 4. The third-order valence-corrected chi connectivity index (χ3v) is 3.66. The zero-order chi connectivity index (χ0) is 17.6. The maximum Gasteiger partial charge on any atom is 0.434 e. The summed E-state index contributed by atoms with van der Waals surface area (Å²) >= 11 is 0. The van der Waals surface area contributed by atoms with E-state index in [2.05, 4.69) is 15.2 Å². The highest BCUT2D eigenvalue weighted by molar-refractivity contribution is 5.80. The Hall–Kier alpha value is -3.36. The van der Waals surface area contributed by atoms with Crippen LogP contribution in [0.5, 0.6) is 0 Å². The van der Waals surface area contributed by atoms with E-state index in [1.807, 2.05) is 0 Å². The van der Waals surface area contributed by atoms with E-state index in [1.165, 1.54) is 12.1 Å². The highest BCUT2D eigenvalue weighted by atomic mass is 19.4. The van der Waals surface area contributed by atoms with Gasteiger partial charge in [-0.05, 0) is 24.3 Å². The lowest BCUT2D eigenvalue weighted by atomic mass is 10.1. The third-order valence-electron chi connectivity index (χ3n) is 3.66. The molecule has 1 N–H and O–H groups in total. The van der Waals surface area contributed by atoms with Crippen molar-refractivity contribution in [3.8, 4) is 23.0 Å². The molecule has 4 rings (SSSR count). The second kappa shape index (κ2) is 5.33. The summed E-state index contributed by atoms with van der Waals surface area (Å²) in [5.41, 5.74) is 0.858. The predicted molar refractivity (Wildman–Crippen MR) is 81.7 cm³/mol. The molecule has 0 aliphatic carbocycles. The highest BCUT2D eigenvalue weighted by Crippen LogP contribution is 2.33. The number of aromatic amines is 1. The summed E-state index contributed by atoms with van der Waals surface area (Å²) in [5, 5.41) is 5.91. The van der Waals surface area contributed by atoms with E-state index in [9.17, 15) is 18.0 Å². The molecule has 0 unspecified atom stereocenters. The Kier molecular flexibility index (Phi) is 3.24. The number of benzene rings is 1. The van der Waals surface area contributed by atoms with Gasteiger partial charge in [-0.3, -0.25) is 4.40 Å². The molecule has 0 bridgehead atoms. The van der Waals surface area contributed by atoms with E-state index in [1.54, 1.807) is 28.8 Å². The average molecular weight is 346 g/mol. The molecule has 126 valence electrons. The van der Waals surface area contributed by atoms with E-state index >= 15 is 0 Å². The summed E-state index contributed by atoms with van der Waals surface area (Å²) < 4.78 is 44.8. The molecule has 9 heteroatoms. The lowest BCUT2D eigenvalue weighted by molar-refractivity contribution is -0.137. The molecule has 0 radical (unpaired) electrons. The van der Waals surface area contributed by atoms with Gasteiger partial charge in [-0.15, -0.1) is 5.10 Å². The van der Waals surface area contributed by atoms with Crippen LogP contribution in [-0.4, -0.2) is 19.6 Å². The van der Waals surface area contributed by atoms with Crippen molar-refractivity contribution in [2.45, 2.75) is 6.18 Å². The lowest BCUT2D eigenvalue weighted by Crippen LogP contribution is -2.04. The summed E-state index contributed by atoms with van der Waals surface area (Å²) in [7, 11) is 0. The molecule has 0 atom stereocenters. The van der Waals surface area contributed by atoms with Gasteiger partial charge in [0.2, 0.25) is 5.82 Å². The number of nitrogens with one attached hydrogen (secondary N) is 1. The fraction of sp³-hybridized carbons (Fsp3) is 0.0625. The Labute approximate surface area is 137 Å². The fourth-order valence-corrected chi connectivity index (χ4v) is 2.54. The van der Waals surface area contributed by atoms with Crippen molar-refractivity contribution in [3.63, 3.8) is 0 Å². The van der Waals surface area contributed by atoms with Crippen molar-refractivity contribution in [3.05, 3.63) is 64.8 Å². The SMILES string of the molecule is O=c1[nH]nc(-c2nc(-c3ccc(C(F)(F)F)cc3)c3ccccn23)o1. The Morgan fingerprint density at radius 1 is 1.08 bits per heavy atom. The smallest absolute Gasteiger partial charge is 0.384 e. The van der Waals surface area contributed by atoms with Gasteiger partial charge in [0.1, 0.15) is 0 Å². The normalized spacial score (nSPS) is 12.0. The van der Waals surface area contributed by atoms with Crippen LogP contribution in [0.1, 0.15) is 5.56 Å². The van der Waals surface area contributed by atoms with Crippen molar-refractivity contribution in [2.75, 3.05) is 0 Å². The van der Waals surface area contributed by atoms with Crippen molar-refractivity contribution in [1.29, 1.82) is 0 Å². The van der Waals surface area contributed by atoms with Crippen LogP contribution in [0.25, 0.3) is 28.5 Å². The number of rotatable bonds is 2. The highest BCUT2D eigenvalue weighted by Gasteiger charge is 2.30. The summed E-state index contributed by atoms with van der Waals surface area (Å²) in [5.74, 6) is -0.466. The monoisotopic (exact) mass is 346 g/mol. The van der Waals surface area contributed by atoms with E-state index in [0.29, 0.717) is 16.8 Å². The van der Waals surface area contributed by atoms with Gasteiger partial charge in [0.05, 0.1) is 16.8 Å². The molecule has 0 fully saturated rings. The summed E-state index contributed by atoms with van der Waals surface area (Å²) in [6.45, 7) is 0. The first-order valence-corrected chi connectivity index (χ1v) is 7.14. The van der Waals surface area contributed by atoms with Crippen LogP contribution in [0.15, 0.2) is 57.9 Å². The number of fused-ring (bicyclic) bond motifs is 1. The zero-order valence-corrected chi connectivity index (χ0v) is 12.4. The molecular weight excluding hydrogens is 337 g/mol. The maximum atomic E-state index is 12.7. The van der Waals surface area contributed by atoms with Gasteiger partial charge >= 0.3 is 11.9 Å². The Bertz CT molecular complexity index is 1110. The number of hydrogen-bond acceptors (Lipinski definition) is 4. The molecule has 0 aliphatic rings. The van der Waals surface area contributed by atoms with Crippen molar-refractivity contribution >= 4 is 5.52 Å². The van der Waals surface area contributed by atoms with Gasteiger partial charge in [0, 0.05) is 11.8 Å². The standard InChI is InChI=1S/C16H9F3N4O2/c17-16(18,19)10-6-4-9(5-7-10)12-11-3-1-2-8-23(11)13(20-12)14-21-22-15(24)25-14/h1-8H,(H,22,24). The van der Waals surface area contributed by atoms with E-state index in [4.69, 9.17) is 4.42 Å². The van der Waals surface area contributed by atoms with Crippen LogP contribution in [0.3, 0.4) is 0 Å². The van der Waals surface area contributed by atoms with Gasteiger partial charge in [-0.25, -0.2) is 14.9 Å². The van der Waals surface area contributed by atoms with E-state index in [0.717, 1.165) is 12.1 Å². The molecule has 0 amide bonds. The Balaban J connectivity index is 1.89. The van der Waals surface area contributed by atoms with Crippen LogP contribution < -0.4 is 5.76 Å². The number of alkyl halides is 3. The minimum absolute atomic E-state index is 0.00985. The summed E-state index contributed by atoms with van der Waals surface area (Å²) in [4.78, 5) is 15.6. The van der Waals surface area contributed by atoms with Crippen molar-refractivity contribution < 1.29 is 17.6 Å². The number of H-pyrrole nitrogens is 1. The average Bonchev–Trinajstić information content (AvgIpc) is 3.18. The van der Waals surface area contributed by atoms with Gasteiger partial charge in [0.25, 0.3) is 5.89 Å². The third kappa shape index (κ3) is 2.59. The second-order valence-electron chi connectivity index (χ2n) is 5.23. The molecular formula is C16H9F3N4O2.